The van der Waals surface area contributed by atoms with Crippen LogP contribution in [0.5, 0.6) is 0 Å². The summed E-state index contributed by atoms with van der Waals surface area (Å²) in [6.07, 6.45) is 3.33. The molecule has 2 aromatic rings. The summed E-state index contributed by atoms with van der Waals surface area (Å²) in [4.78, 5) is 26.7. The van der Waals surface area contributed by atoms with Crippen molar-refractivity contribution >= 4 is 11.9 Å². The van der Waals surface area contributed by atoms with E-state index in [2.05, 4.69) is 10.3 Å². The van der Waals surface area contributed by atoms with Gasteiger partial charge in [-0.2, -0.15) is 0 Å². The molecule has 0 atom stereocenters. The molecule has 0 bridgehead atoms. The molecule has 116 valence electrons. The summed E-state index contributed by atoms with van der Waals surface area (Å²) in [6.45, 7) is 3.60. The second-order valence-electron chi connectivity index (χ2n) is 5.67. The summed E-state index contributed by atoms with van der Waals surface area (Å²) in [7, 11) is 0. The SMILES string of the molecule is CC(C)(CCC(=O)O)NC(=O)c1ccc(-c2cnco2)cc1. The summed E-state index contributed by atoms with van der Waals surface area (Å²) >= 11 is 0. The van der Waals surface area contributed by atoms with Gasteiger partial charge in [-0.15, -0.1) is 0 Å². The molecule has 0 radical (unpaired) electrons. The van der Waals surface area contributed by atoms with Crippen LogP contribution in [0.3, 0.4) is 0 Å². The van der Waals surface area contributed by atoms with E-state index >= 15 is 0 Å². The molecule has 1 aromatic heterocycles. The van der Waals surface area contributed by atoms with E-state index in [1.807, 2.05) is 0 Å². The molecular formula is C16H18N2O4. The molecule has 0 aliphatic rings. The number of carbonyl (C=O) groups excluding carboxylic acids is 1. The lowest BCUT2D eigenvalue weighted by Gasteiger charge is -2.25. The first-order valence-electron chi connectivity index (χ1n) is 6.91. The van der Waals surface area contributed by atoms with Gasteiger partial charge in [0.15, 0.2) is 12.2 Å². The number of hydrogen-bond donors (Lipinski definition) is 2. The molecular weight excluding hydrogens is 284 g/mol. The van der Waals surface area contributed by atoms with Crippen molar-refractivity contribution in [1.29, 1.82) is 0 Å². The van der Waals surface area contributed by atoms with Crippen molar-refractivity contribution in [3.05, 3.63) is 42.4 Å². The number of oxazole rings is 1. The molecule has 1 heterocycles. The molecule has 0 aliphatic heterocycles. The summed E-state index contributed by atoms with van der Waals surface area (Å²) in [5.41, 5.74) is 0.755. The van der Waals surface area contributed by atoms with Crippen LogP contribution in [0.4, 0.5) is 0 Å². The number of rotatable bonds is 6. The monoisotopic (exact) mass is 302 g/mol. The largest absolute Gasteiger partial charge is 0.481 e. The van der Waals surface area contributed by atoms with Crippen molar-refractivity contribution < 1.29 is 19.1 Å². The van der Waals surface area contributed by atoms with Gasteiger partial charge < -0.3 is 14.8 Å². The quantitative estimate of drug-likeness (QED) is 0.856. The fraction of sp³-hybridized carbons (Fsp3) is 0.312. The molecule has 6 nitrogen and oxygen atoms in total. The van der Waals surface area contributed by atoms with Crippen molar-refractivity contribution in [2.75, 3.05) is 0 Å². The number of aromatic nitrogens is 1. The number of amides is 1. The molecule has 1 aromatic carbocycles. The highest BCUT2D eigenvalue weighted by Crippen LogP contribution is 2.19. The van der Waals surface area contributed by atoms with Gasteiger partial charge in [0.25, 0.3) is 5.91 Å². The Kier molecular flexibility index (Phi) is 4.60. The van der Waals surface area contributed by atoms with Gasteiger partial charge in [0.1, 0.15) is 0 Å². The van der Waals surface area contributed by atoms with Crippen molar-refractivity contribution in [1.82, 2.24) is 10.3 Å². The average Bonchev–Trinajstić information content (AvgIpc) is 2.99. The van der Waals surface area contributed by atoms with Crippen LogP contribution < -0.4 is 5.32 Å². The van der Waals surface area contributed by atoms with E-state index < -0.39 is 11.5 Å². The van der Waals surface area contributed by atoms with Crippen molar-refractivity contribution in [2.24, 2.45) is 0 Å². The van der Waals surface area contributed by atoms with Crippen LogP contribution in [0, 0.1) is 0 Å². The normalized spacial score (nSPS) is 11.2. The minimum Gasteiger partial charge on any atom is -0.481 e. The first-order chi connectivity index (χ1) is 10.4. The molecule has 1 amide bonds. The lowest BCUT2D eigenvalue weighted by Crippen LogP contribution is -2.43. The predicted molar refractivity (Wildman–Crippen MR) is 80.4 cm³/mol. The maximum Gasteiger partial charge on any atom is 0.303 e. The third kappa shape index (κ3) is 4.18. The molecule has 0 spiro atoms. The van der Waals surface area contributed by atoms with Crippen molar-refractivity contribution in [3.63, 3.8) is 0 Å². The molecule has 0 fully saturated rings. The third-order valence-electron chi connectivity index (χ3n) is 3.28. The Morgan fingerprint density at radius 3 is 2.50 bits per heavy atom. The number of aliphatic carboxylic acids is 1. The number of benzene rings is 1. The van der Waals surface area contributed by atoms with E-state index in [-0.39, 0.29) is 12.3 Å². The van der Waals surface area contributed by atoms with Crippen LogP contribution in [-0.2, 0) is 4.79 Å². The Labute approximate surface area is 128 Å². The third-order valence-corrected chi connectivity index (χ3v) is 3.28. The summed E-state index contributed by atoms with van der Waals surface area (Å²) < 4.78 is 5.19. The minimum absolute atomic E-state index is 0.0116. The van der Waals surface area contributed by atoms with Gasteiger partial charge in [-0.3, -0.25) is 9.59 Å². The number of hydrogen-bond acceptors (Lipinski definition) is 4. The number of carbonyl (C=O) groups is 2. The topological polar surface area (TPSA) is 92.4 Å². The second-order valence-corrected chi connectivity index (χ2v) is 5.67. The Hall–Kier alpha value is -2.63. The van der Waals surface area contributed by atoms with Crippen molar-refractivity contribution in [2.45, 2.75) is 32.2 Å². The highest BCUT2D eigenvalue weighted by molar-refractivity contribution is 5.95. The van der Waals surface area contributed by atoms with E-state index in [1.165, 1.54) is 6.39 Å². The minimum atomic E-state index is -0.876. The molecule has 6 heteroatoms. The number of nitrogens with zero attached hydrogens (tertiary/aromatic N) is 1. The van der Waals surface area contributed by atoms with Crippen LogP contribution >= 0.6 is 0 Å². The van der Waals surface area contributed by atoms with Crippen LogP contribution in [0.1, 0.15) is 37.0 Å². The Balaban J connectivity index is 2.02. The fourth-order valence-corrected chi connectivity index (χ4v) is 2.01. The van der Waals surface area contributed by atoms with E-state index in [1.54, 1.807) is 44.3 Å². The zero-order valence-corrected chi connectivity index (χ0v) is 12.5. The zero-order valence-electron chi connectivity index (χ0n) is 12.5. The fourth-order valence-electron chi connectivity index (χ4n) is 2.01. The van der Waals surface area contributed by atoms with Gasteiger partial charge in [-0.1, -0.05) is 12.1 Å². The lowest BCUT2D eigenvalue weighted by atomic mass is 9.97. The second kappa shape index (κ2) is 6.43. The molecule has 2 N–H and O–H groups in total. The van der Waals surface area contributed by atoms with E-state index in [4.69, 9.17) is 9.52 Å². The molecule has 0 unspecified atom stereocenters. The van der Waals surface area contributed by atoms with E-state index in [0.29, 0.717) is 17.7 Å². The average molecular weight is 302 g/mol. The van der Waals surface area contributed by atoms with Gasteiger partial charge in [0.2, 0.25) is 0 Å². The van der Waals surface area contributed by atoms with Crippen molar-refractivity contribution in [3.8, 4) is 11.3 Å². The van der Waals surface area contributed by atoms with Crippen LogP contribution in [0.25, 0.3) is 11.3 Å². The molecule has 22 heavy (non-hydrogen) atoms. The first kappa shape index (κ1) is 15.8. The summed E-state index contributed by atoms with van der Waals surface area (Å²) in [5, 5.41) is 11.6. The summed E-state index contributed by atoms with van der Waals surface area (Å²) in [6, 6.07) is 6.94. The van der Waals surface area contributed by atoms with E-state index in [0.717, 1.165) is 5.56 Å². The molecule has 2 rings (SSSR count). The maximum absolute atomic E-state index is 12.2. The Bertz CT molecular complexity index is 645. The van der Waals surface area contributed by atoms with E-state index in [9.17, 15) is 9.59 Å². The maximum atomic E-state index is 12.2. The molecule has 0 aliphatic carbocycles. The number of carboxylic acid groups (broad SMARTS) is 1. The number of carboxylic acids is 1. The van der Waals surface area contributed by atoms with Crippen LogP contribution in [0.15, 0.2) is 41.3 Å². The predicted octanol–water partition coefficient (Wildman–Crippen LogP) is 2.71. The van der Waals surface area contributed by atoms with Gasteiger partial charge in [-0.25, -0.2) is 4.98 Å². The van der Waals surface area contributed by atoms with Crippen LogP contribution in [-0.4, -0.2) is 27.5 Å². The highest BCUT2D eigenvalue weighted by Gasteiger charge is 2.22. The standard InChI is InChI=1S/C16H18N2O4/c1-16(2,8-7-14(19)20)18-15(21)12-5-3-11(4-6-12)13-9-17-10-22-13/h3-6,9-10H,7-8H2,1-2H3,(H,18,21)(H,19,20). The molecule has 0 saturated heterocycles. The van der Waals surface area contributed by atoms with Gasteiger partial charge in [0.05, 0.1) is 6.20 Å². The van der Waals surface area contributed by atoms with Gasteiger partial charge in [0, 0.05) is 23.1 Å². The zero-order chi connectivity index (χ0) is 16.2. The first-order valence-corrected chi connectivity index (χ1v) is 6.91. The highest BCUT2D eigenvalue weighted by atomic mass is 16.4. The number of nitrogens with one attached hydrogen (secondary N) is 1. The Morgan fingerprint density at radius 2 is 1.95 bits per heavy atom. The Morgan fingerprint density at radius 1 is 1.27 bits per heavy atom. The summed E-state index contributed by atoms with van der Waals surface area (Å²) in [5.74, 6) is -0.480. The molecule has 0 saturated carbocycles. The van der Waals surface area contributed by atoms with Gasteiger partial charge >= 0.3 is 5.97 Å². The smallest absolute Gasteiger partial charge is 0.303 e. The lowest BCUT2D eigenvalue weighted by molar-refractivity contribution is -0.137. The van der Waals surface area contributed by atoms with Gasteiger partial charge in [-0.05, 0) is 32.4 Å². The van der Waals surface area contributed by atoms with Crippen LogP contribution in [0.2, 0.25) is 0 Å².